The summed E-state index contributed by atoms with van der Waals surface area (Å²) in [5.41, 5.74) is 4.24. The number of hydrogen-bond acceptors (Lipinski definition) is 1. The van der Waals surface area contributed by atoms with Gasteiger partial charge in [0.2, 0.25) is 0 Å². The molecule has 0 aliphatic rings. The quantitative estimate of drug-likeness (QED) is 0.653. The summed E-state index contributed by atoms with van der Waals surface area (Å²) >= 11 is 0. The van der Waals surface area contributed by atoms with Gasteiger partial charge in [-0.05, 0) is 30.2 Å². The summed E-state index contributed by atoms with van der Waals surface area (Å²) in [6.07, 6.45) is 2.23. The molecule has 0 fully saturated rings. The fourth-order valence-corrected chi connectivity index (χ4v) is 2.04. The van der Waals surface area contributed by atoms with E-state index in [1.165, 1.54) is 5.20 Å². The number of hydrogen-bond donors (Lipinski definition) is 1. The highest BCUT2D eigenvalue weighted by atomic mass is 28.3. The van der Waals surface area contributed by atoms with Gasteiger partial charge in [0.1, 0.15) is 0 Å². The molecule has 0 saturated carbocycles. The van der Waals surface area contributed by atoms with Gasteiger partial charge in [0, 0.05) is 0 Å². The van der Waals surface area contributed by atoms with Crippen LogP contribution < -0.4 is 0 Å². The van der Waals surface area contributed by atoms with Crippen molar-refractivity contribution in [3.05, 3.63) is 52.9 Å². The standard InChI is InChI=1S/C16H22O2Si/c1-13(19(2,3)4)10-11-15(16(17)18)12-14-8-6-5-7-9-14/h5-9,11,15H,12H2,1-4H3,(H,17,18)/t10?,15-/m0/s1. The molecule has 1 atom stereocenters. The lowest BCUT2D eigenvalue weighted by Crippen LogP contribution is -2.21. The second kappa shape index (κ2) is 6.55. The van der Waals surface area contributed by atoms with E-state index >= 15 is 0 Å². The van der Waals surface area contributed by atoms with Crippen molar-refractivity contribution in [2.45, 2.75) is 33.0 Å². The zero-order valence-corrected chi connectivity index (χ0v) is 13.1. The Morgan fingerprint density at radius 1 is 1.32 bits per heavy atom. The number of aliphatic carboxylic acids is 1. The molecule has 0 radical (unpaired) electrons. The molecule has 0 heterocycles. The maximum atomic E-state index is 11.3. The molecule has 0 aliphatic carbocycles. The Bertz CT molecular complexity index is 491. The number of benzene rings is 1. The van der Waals surface area contributed by atoms with E-state index in [1.807, 2.05) is 37.3 Å². The van der Waals surface area contributed by atoms with Gasteiger partial charge in [-0.25, -0.2) is 0 Å². The van der Waals surface area contributed by atoms with Crippen LogP contribution in [0.3, 0.4) is 0 Å². The lowest BCUT2D eigenvalue weighted by atomic mass is 9.99. The summed E-state index contributed by atoms with van der Waals surface area (Å²) < 4.78 is 0. The van der Waals surface area contributed by atoms with Crippen LogP contribution in [0.25, 0.3) is 0 Å². The molecular weight excluding hydrogens is 252 g/mol. The van der Waals surface area contributed by atoms with Gasteiger partial charge in [-0.1, -0.05) is 50.0 Å². The normalized spacial score (nSPS) is 12.4. The van der Waals surface area contributed by atoms with Crippen LogP contribution in [0.2, 0.25) is 19.6 Å². The molecule has 1 N–H and O–H groups in total. The average Bonchev–Trinajstić information content (AvgIpc) is 2.33. The minimum atomic E-state index is -1.37. The summed E-state index contributed by atoms with van der Waals surface area (Å²) in [6, 6.07) is 9.71. The average molecular weight is 274 g/mol. The van der Waals surface area contributed by atoms with E-state index in [4.69, 9.17) is 0 Å². The smallest absolute Gasteiger partial charge is 0.311 e. The summed E-state index contributed by atoms with van der Waals surface area (Å²) in [5, 5.41) is 10.5. The Morgan fingerprint density at radius 2 is 1.89 bits per heavy atom. The Hall–Kier alpha value is -1.57. The van der Waals surface area contributed by atoms with Gasteiger partial charge < -0.3 is 5.11 Å². The zero-order chi connectivity index (χ0) is 14.5. The number of rotatable bonds is 5. The van der Waals surface area contributed by atoms with E-state index in [-0.39, 0.29) is 0 Å². The third-order valence-corrected chi connectivity index (χ3v) is 5.64. The largest absolute Gasteiger partial charge is 0.481 e. The van der Waals surface area contributed by atoms with Crippen molar-refractivity contribution in [3.63, 3.8) is 0 Å². The number of carbonyl (C=O) groups is 1. The van der Waals surface area contributed by atoms with Crippen LogP contribution in [0.5, 0.6) is 0 Å². The molecule has 0 spiro atoms. The Morgan fingerprint density at radius 3 is 2.37 bits per heavy atom. The lowest BCUT2D eigenvalue weighted by Gasteiger charge is -2.14. The van der Waals surface area contributed by atoms with E-state index in [2.05, 4.69) is 25.4 Å². The van der Waals surface area contributed by atoms with Crippen LogP contribution in [0, 0.1) is 5.92 Å². The highest BCUT2D eigenvalue weighted by molar-refractivity contribution is 6.82. The van der Waals surface area contributed by atoms with E-state index in [1.54, 1.807) is 6.08 Å². The van der Waals surface area contributed by atoms with Crippen LogP contribution in [0.15, 0.2) is 47.3 Å². The van der Waals surface area contributed by atoms with Crippen LogP contribution in [-0.2, 0) is 11.2 Å². The van der Waals surface area contributed by atoms with Gasteiger partial charge in [-0.3, -0.25) is 4.79 Å². The van der Waals surface area contributed by atoms with Crippen molar-refractivity contribution in [2.75, 3.05) is 0 Å². The molecule has 1 aromatic rings. The second-order valence-corrected chi connectivity index (χ2v) is 11.1. The van der Waals surface area contributed by atoms with Crippen LogP contribution >= 0.6 is 0 Å². The van der Waals surface area contributed by atoms with Gasteiger partial charge in [0.05, 0.1) is 14.0 Å². The molecule has 1 rings (SSSR count). The molecule has 0 unspecified atom stereocenters. The summed E-state index contributed by atoms with van der Waals surface area (Å²) in [5.74, 6) is -1.30. The van der Waals surface area contributed by atoms with Gasteiger partial charge in [0.25, 0.3) is 0 Å². The minimum absolute atomic E-state index is 0.506. The van der Waals surface area contributed by atoms with Crippen molar-refractivity contribution >= 4 is 14.0 Å². The minimum Gasteiger partial charge on any atom is -0.481 e. The Kier molecular flexibility index (Phi) is 5.34. The lowest BCUT2D eigenvalue weighted by molar-refractivity contribution is -0.140. The van der Waals surface area contributed by atoms with Crippen molar-refractivity contribution in [1.29, 1.82) is 0 Å². The van der Waals surface area contributed by atoms with Gasteiger partial charge >= 0.3 is 5.97 Å². The van der Waals surface area contributed by atoms with Crippen LogP contribution in [-0.4, -0.2) is 19.1 Å². The van der Waals surface area contributed by atoms with Crippen LogP contribution in [0.4, 0.5) is 0 Å². The van der Waals surface area contributed by atoms with Crippen molar-refractivity contribution < 1.29 is 9.90 Å². The van der Waals surface area contributed by atoms with E-state index in [0.717, 1.165) is 5.56 Å². The molecule has 0 saturated heterocycles. The molecule has 102 valence electrons. The second-order valence-electron chi connectivity index (χ2n) is 5.82. The maximum Gasteiger partial charge on any atom is 0.311 e. The van der Waals surface area contributed by atoms with E-state index < -0.39 is 20.0 Å². The summed E-state index contributed by atoms with van der Waals surface area (Å²) in [4.78, 5) is 11.3. The summed E-state index contributed by atoms with van der Waals surface area (Å²) in [7, 11) is -1.37. The van der Waals surface area contributed by atoms with E-state index in [0.29, 0.717) is 6.42 Å². The molecule has 0 aromatic heterocycles. The van der Waals surface area contributed by atoms with Crippen molar-refractivity contribution in [3.8, 4) is 0 Å². The first kappa shape index (κ1) is 15.5. The molecule has 3 heteroatoms. The first-order valence-electron chi connectivity index (χ1n) is 6.51. The number of carboxylic acid groups (broad SMARTS) is 1. The highest BCUT2D eigenvalue weighted by Crippen LogP contribution is 2.14. The third kappa shape index (κ3) is 5.29. The predicted molar refractivity (Wildman–Crippen MR) is 81.9 cm³/mol. The maximum absolute atomic E-state index is 11.3. The molecule has 0 aliphatic heterocycles. The highest BCUT2D eigenvalue weighted by Gasteiger charge is 2.17. The van der Waals surface area contributed by atoms with Crippen LogP contribution in [0.1, 0.15) is 12.5 Å². The predicted octanol–water partition coefficient (Wildman–Crippen LogP) is 3.91. The Balaban J connectivity index is 2.92. The molecular formula is C16H22O2Si. The van der Waals surface area contributed by atoms with Gasteiger partial charge in [0.15, 0.2) is 0 Å². The first-order chi connectivity index (χ1) is 8.80. The monoisotopic (exact) mass is 274 g/mol. The fraction of sp³-hybridized carbons (Fsp3) is 0.375. The van der Waals surface area contributed by atoms with Crippen molar-refractivity contribution in [1.82, 2.24) is 0 Å². The SMILES string of the molecule is CC(=C=C[C@@H](Cc1ccccc1)C(=O)O)[Si](C)(C)C. The van der Waals surface area contributed by atoms with E-state index in [9.17, 15) is 9.90 Å². The molecule has 19 heavy (non-hydrogen) atoms. The third-order valence-electron chi connectivity index (χ3n) is 3.24. The molecule has 0 amide bonds. The fourth-order valence-electron chi connectivity index (χ4n) is 1.53. The molecule has 0 bridgehead atoms. The molecule has 1 aromatic carbocycles. The van der Waals surface area contributed by atoms with Crippen molar-refractivity contribution in [2.24, 2.45) is 5.92 Å². The Labute approximate surface area is 116 Å². The zero-order valence-electron chi connectivity index (χ0n) is 12.1. The number of carboxylic acids is 1. The first-order valence-corrected chi connectivity index (χ1v) is 10.0. The summed E-state index contributed by atoms with van der Waals surface area (Å²) in [6.45, 7) is 8.74. The topological polar surface area (TPSA) is 37.3 Å². The van der Waals surface area contributed by atoms with Gasteiger partial charge in [-0.2, -0.15) is 0 Å². The van der Waals surface area contributed by atoms with Gasteiger partial charge in [-0.15, -0.1) is 5.73 Å². The molecule has 2 nitrogen and oxygen atoms in total.